The maximum Gasteiger partial charge on any atom is 0.326 e. The van der Waals surface area contributed by atoms with E-state index in [-0.39, 0.29) is 98.7 Å². The van der Waals surface area contributed by atoms with Crippen LogP contribution in [0.2, 0.25) is 10.0 Å². The second-order valence-corrected chi connectivity index (χ2v) is 14.0. The van der Waals surface area contributed by atoms with E-state index >= 15 is 0 Å². The number of benzene rings is 2. The topological polar surface area (TPSA) is 210 Å². The quantitative estimate of drug-likeness (QED) is 0.0867. The summed E-state index contributed by atoms with van der Waals surface area (Å²) >= 11 is 12.3. The van der Waals surface area contributed by atoms with Gasteiger partial charge in [0.25, 0.3) is 17.7 Å². The van der Waals surface area contributed by atoms with Crippen LogP contribution in [0.5, 0.6) is 0 Å². The Labute approximate surface area is 328 Å². The molecule has 0 aromatic heterocycles. The molecule has 1 heterocycles. The van der Waals surface area contributed by atoms with Gasteiger partial charge in [0.2, 0.25) is 17.7 Å². The molecule has 0 saturated heterocycles. The number of anilines is 1. The fourth-order valence-corrected chi connectivity index (χ4v) is 6.82. The van der Waals surface area contributed by atoms with Crippen molar-refractivity contribution in [3.05, 3.63) is 75.8 Å². The SMILES string of the molecule is O=C(CCOCCOCCNC(=O)CCN1C(=O)C=CC1=O)NCCC1(C(=O)N[C@@H](Cc2ccc(NC(=O)c3c(Cl)cccc3Cl)cc2)C(=O)O)CCCC1. The molecule has 0 bridgehead atoms. The van der Waals surface area contributed by atoms with Crippen molar-refractivity contribution in [3.63, 3.8) is 0 Å². The van der Waals surface area contributed by atoms with Gasteiger partial charge in [-0.15, -0.1) is 0 Å². The van der Waals surface area contributed by atoms with Gasteiger partial charge in [0.05, 0.1) is 47.5 Å². The largest absolute Gasteiger partial charge is 0.480 e. The van der Waals surface area contributed by atoms with E-state index in [1.165, 1.54) is 0 Å². The lowest BCUT2D eigenvalue weighted by atomic mass is 9.81. The minimum Gasteiger partial charge on any atom is -0.480 e. The number of carboxylic acids is 1. The molecule has 5 N–H and O–H groups in total. The van der Waals surface area contributed by atoms with Crippen LogP contribution in [0.1, 0.15) is 60.9 Å². The third-order valence-electron chi connectivity index (χ3n) is 9.29. The van der Waals surface area contributed by atoms with Gasteiger partial charge in [-0.1, -0.05) is 54.2 Å². The maximum absolute atomic E-state index is 13.6. The number of aliphatic carboxylic acids is 1. The number of halogens is 2. The zero-order chi connectivity index (χ0) is 39.8. The van der Waals surface area contributed by atoms with E-state index in [4.69, 9.17) is 32.7 Å². The van der Waals surface area contributed by atoms with E-state index < -0.39 is 35.1 Å². The molecule has 1 aliphatic heterocycles. The minimum atomic E-state index is -1.19. The Morgan fingerprint density at radius 1 is 0.800 bits per heavy atom. The van der Waals surface area contributed by atoms with Gasteiger partial charge < -0.3 is 35.8 Å². The average Bonchev–Trinajstić information content (AvgIpc) is 3.76. The van der Waals surface area contributed by atoms with Crippen molar-refractivity contribution in [3.8, 4) is 0 Å². The second-order valence-electron chi connectivity index (χ2n) is 13.1. The van der Waals surface area contributed by atoms with E-state index in [1.54, 1.807) is 42.5 Å². The van der Waals surface area contributed by atoms with Gasteiger partial charge in [0.15, 0.2) is 0 Å². The molecule has 17 heteroatoms. The summed E-state index contributed by atoms with van der Waals surface area (Å²) in [5.74, 6) is -3.46. The summed E-state index contributed by atoms with van der Waals surface area (Å²) in [5.41, 5.74) is 0.425. The first-order chi connectivity index (χ1) is 26.4. The smallest absolute Gasteiger partial charge is 0.326 e. The molecule has 1 aliphatic carbocycles. The third kappa shape index (κ3) is 13.2. The number of rotatable bonds is 22. The lowest BCUT2D eigenvalue weighted by molar-refractivity contribution is -0.144. The number of amides is 6. The fourth-order valence-electron chi connectivity index (χ4n) is 6.25. The molecule has 15 nitrogen and oxygen atoms in total. The van der Waals surface area contributed by atoms with Crippen LogP contribution in [0, 0.1) is 5.41 Å². The Hall–Kier alpha value is -4.83. The van der Waals surface area contributed by atoms with Crippen LogP contribution in [0.4, 0.5) is 5.69 Å². The van der Waals surface area contributed by atoms with Gasteiger partial charge in [-0.3, -0.25) is 33.7 Å². The molecule has 2 aromatic rings. The summed E-state index contributed by atoms with van der Waals surface area (Å²) in [7, 11) is 0. The molecular weight excluding hydrogens is 757 g/mol. The minimum absolute atomic E-state index is 0.00506. The highest BCUT2D eigenvalue weighted by Gasteiger charge is 2.42. The number of carbonyl (C=O) groups is 7. The number of nitrogens with zero attached hydrogens (tertiary/aromatic N) is 1. The Morgan fingerprint density at radius 3 is 2.04 bits per heavy atom. The van der Waals surface area contributed by atoms with Crippen LogP contribution in [0.15, 0.2) is 54.6 Å². The fraction of sp³-hybridized carbons (Fsp3) is 0.447. The van der Waals surface area contributed by atoms with Crippen LogP contribution < -0.4 is 21.3 Å². The summed E-state index contributed by atoms with van der Waals surface area (Å²) < 4.78 is 10.9. The van der Waals surface area contributed by atoms with E-state index in [0.29, 0.717) is 30.5 Å². The summed E-state index contributed by atoms with van der Waals surface area (Å²) in [6, 6.07) is 10.1. The van der Waals surface area contributed by atoms with Crippen molar-refractivity contribution in [1.82, 2.24) is 20.9 Å². The van der Waals surface area contributed by atoms with Crippen LogP contribution >= 0.6 is 23.2 Å². The summed E-state index contributed by atoms with van der Waals surface area (Å²) in [6.07, 6.45) is 5.59. The van der Waals surface area contributed by atoms with E-state index in [9.17, 15) is 38.7 Å². The molecule has 0 unspecified atom stereocenters. The Kier molecular flexibility index (Phi) is 16.6. The maximum atomic E-state index is 13.6. The van der Waals surface area contributed by atoms with Crippen LogP contribution in [0.25, 0.3) is 0 Å². The summed E-state index contributed by atoms with van der Waals surface area (Å²) in [4.78, 5) is 86.8. The Morgan fingerprint density at radius 2 is 1.40 bits per heavy atom. The molecule has 4 rings (SSSR count). The standard InChI is InChI=1S/C38H45Cl2N5O10/c39-27-4-3-5-28(40)34(27)35(50)43-26-8-6-25(7-9-26)24-29(36(51)52)44-37(53)38(14-1-2-15-38)16-17-41-31(47)13-20-54-22-23-55-21-18-42-30(46)12-19-45-32(48)10-11-33(45)49/h3-11,29H,1-2,12-24H2,(H,41,47)(H,42,46)(H,43,50)(H,44,53)(H,51,52)/t29-/m0/s1. The number of carbonyl (C=O) groups excluding carboxylic acids is 6. The predicted molar refractivity (Wildman–Crippen MR) is 202 cm³/mol. The molecule has 1 atom stereocenters. The van der Waals surface area contributed by atoms with Crippen molar-refractivity contribution < 1.29 is 48.1 Å². The Balaban J connectivity index is 1.10. The second kappa shape index (κ2) is 21.3. The van der Waals surface area contributed by atoms with E-state index in [2.05, 4.69) is 21.3 Å². The van der Waals surface area contributed by atoms with Gasteiger partial charge in [-0.05, 0) is 49.1 Å². The van der Waals surface area contributed by atoms with Crippen molar-refractivity contribution in [2.45, 2.75) is 57.4 Å². The van der Waals surface area contributed by atoms with Crippen LogP contribution in [-0.2, 0) is 44.7 Å². The zero-order valence-corrected chi connectivity index (χ0v) is 31.7. The molecule has 0 spiro atoms. The number of hydrogen-bond acceptors (Lipinski definition) is 9. The van der Waals surface area contributed by atoms with Gasteiger partial charge in [0, 0.05) is 56.7 Å². The lowest BCUT2D eigenvalue weighted by Gasteiger charge is -2.29. The molecule has 6 amide bonds. The molecule has 1 saturated carbocycles. The van der Waals surface area contributed by atoms with Crippen LogP contribution in [0.3, 0.4) is 0 Å². The Bertz CT molecular complexity index is 1710. The van der Waals surface area contributed by atoms with E-state index in [0.717, 1.165) is 29.9 Å². The molecule has 2 aromatic carbocycles. The normalized spacial score (nSPS) is 15.1. The lowest BCUT2D eigenvalue weighted by Crippen LogP contribution is -2.49. The van der Waals surface area contributed by atoms with Gasteiger partial charge in [-0.25, -0.2) is 4.79 Å². The number of carboxylic acid groups (broad SMARTS) is 1. The first-order valence-electron chi connectivity index (χ1n) is 18.0. The average molecular weight is 803 g/mol. The molecule has 296 valence electrons. The van der Waals surface area contributed by atoms with Gasteiger partial charge in [-0.2, -0.15) is 0 Å². The first kappa shape index (κ1) is 42.9. The number of hydrogen-bond donors (Lipinski definition) is 5. The van der Waals surface area contributed by atoms with Crippen molar-refractivity contribution in [2.75, 3.05) is 51.4 Å². The highest BCUT2D eigenvalue weighted by molar-refractivity contribution is 6.40. The first-order valence-corrected chi connectivity index (χ1v) is 18.7. The molecular formula is C38H45Cl2N5O10. The molecule has 2 aliphatic rings. The van der Waals surface area contributed by atoms with Crippen molar-refractivity contribution in [2.24, 2.45) is 5.41 Å². The summed E-state index contributed by atoms with van der Waals surface area (Å²) in [5, 5.41) is 21.3. The highest BCUT2D eigenvalue weighted by atomic mass is 35.5. The third-order valence-corrected chi connectivity index (χ3v) is 9.92. The molecule has 0 radical (unpaired) electrons. The van der Waals surface area contributed by atoms with Gasteiger partial charge >= 0.3 is 5.97 Å². The van der Waals surface area contributed by atoms with Crippen LogP contribution in [-0.4, -0.2) is 104 Å². The van der Waals surface area contributed by atoms with Crippen molar-refractivity contribution in [1.29, 1.82) is 0 Å². The van der Waals surface area contributed by atoms with E-state index in [1.807, 2.05) is 0 Å². The number of imide groups is 1. The number of ether oxygens (including phenoxy) is 2. The molecule has 55 heavy (non-hydrogen) atoms. The summed E-state index contributed by atoms with van der Waals surface area (Å²) in [6.45, 7) is 1.37. The monoisotopic (exact) mass is 801 g/mol. The zero-order valence-electron chi connectivity index (χ0n) is 30.2. The highest BCUT2D eigenvalue weighted by Crippen LogP contribution is 2.41. The van der Waals surface area contributed by atoms with Gasteiger partial charge in [0.1, 0.15) is 6.04 Å². The van der Waals surface area contributed by atoms with Crippen molar-refractivity contribution >= 4 is 70.3 Å². The predicted octanol–water partition coefficient (Wildman–Crippen LogP) is 3.28. The molecule has 1 fully saturated rings. The number of nitrogens with one attached hydrogen (secondary N) is 4.